The number of halogens is 1. The average molecular weight is 506 g/mol. The van der Waals surface area contributed by atoms with E-state index in [4.69, 9.17) is 5.10 Å². The van der Waals surface area contributed by atoms with E-state index in [-0.39, 0.29) is 5.91 Å². The summed E-state index contributed by atoms with van der Waals surface area (Å²) in [7, 11) is 0. The largest absolute Gasteiger partial charge is 0.272 e. The van der Waals surface area contributed by atoms with Gasteiger partial charge in [-0.3, -0.25) is 4.79 Å². The van der Waals surface area contributed by atoms with Crippen molar-refractivity contribution < 1.29 is 4.79 Å². The molecule has 0 aliphatic carbocycles. The van der Waals surface area contributed by atoms with Crippen LogP contribution in [-0.4, -0.2) is 21.9 Å². The minimum absolute atomic E-state index is 0.247. The van der Waals surface area contributed by atoms with Crippen LogP contribution in [0.5, 0.6) is 0 Å². The summed E-state index contributed by atoms with van der Waals surface area (Å²) in [6.07, 6.45) is 3.54. The molecule has 0 unspecified atom stereocenters. The number of nitrogens with zero attached hydrogens (tertiary/aromatic N) is 3. The zero-order valence-corrected chi connectivity index (χ0v) is 18.4. The molecule has 1 amide bonds. The molecule has 0 aliphatic heterocycles. The molecule has 1 heterocycles. The number of para-hydroxylation sites is 1. The van der Waals surface area contributed by atoms with Gasteiger partial charge in [-0.1, -0.05) is 60.2 Å². The van der Waals surface area contributed by atoms with Gasteiger partial charge in [0.1, 0.15) is 5.69 Å². The SMILES string of the molecule is Cc1ccc(-c2nn(-c3ccccc3)cc2/C=N\NC(=O)c2ccccc2I)cc1. The summed E-state index contributed by atoms with van der Waals surface area (Å²) < 4.78 is 2.69. The van der Waals surface area contributed by atoms with Crippen molar-refractivity contribution in [2.75, 3.05) is 0 Å². The Morgan fingerprint density at radius 2 is 1.70 bits per heavy atom. The van der Waals surface area contributed by atoms with E-state index in [1.165, 1.54) is 5.56 Å². The van der Waals surface area contributed by atoms with Crippen molar-refractivity contribution in [1.82, 2.24) is 15.2 Å². The molecule has 3 aromatic carbocycles. The molecular weight excluding hydrogens is 487 g/mol. The van der Waals surface area contributed by atoms with E-state index < -0.39 is 0 Å². The van der Waals surface area contributed by atoms with Crippen molar-refractivity contribution >= 4 is 34.7 Å². The third kappa shape index (κ3) is 4.49. The third-order valence-corrected chi connectivity index (χ3v) is 5.52. The van der Waals surface area contributed by atoms with Crippen molar-refractivity contribution in [2.24, 2.45) is 5.10 Å². The second-order valence-corrected chi connectivity index (χ2v) is 7.92. The third-order valence-electron chi connectivity index (χ3n) is 4.58. The summed E-state index contributed by atoms with van der Waals surface area (Å²) in [6.45, 7) is 2.05. The van der Waals surface area contributed by atoms with Crippen LogP contribution in [0.1, 0.15) is 21.5 Å². The first-order chi connectivity index (χ1) is 14.6. The fourth-order valence-electron chi connectivity index (χ4n) is 3.00. The second kappa shape index (κ2) is 9.04. The predicted molar refractivity (Wildman–Crippen MR) is 128 cm³/mol. The van der Waals surface area contributed by atoms with Gasteiger partial charge in [0, 0.05) is 20.9 Å². The normalized spacial score (nSPS) is 11.0. The van der Waals surface area contributed by atoms with Crippen molar-refractivity contribution in [3.8, 4) is 16.9 Å². The van der Waals surface area contributed by atoms with E-state index in [9.17, 15) is 4.79 Å². The molecule has 0 saturated carbocycles. The Kier molecular flexibility index (Phi) is 6.04. The van der Waals surface area contributed by atoms with Crippen molar-refractivity contribution in [1.29, 1.82) is 0 Å². The molecule has 1 N–H and O–H groups in total. The fraction of sp³-hybridized carbons (Fsp3) is 0.0417. The van der Waals surface area contributed by atoms with E-state index in [1.54, 1.807) is 12.3 Å². The standard InChI is InChI=1S/C24H19IN4O/c1-17-11-13-18(14-12-17)23-19(16-29(28-23)20-7-3-2-4-8-20)15-26-27-24(30)21-9-5-6-10-22(21)25/h2-16H,1H3,(H,27,30)/b26-15-. The van der Waals surface area contributed by atoms with Crippen molar-refractivity contribution in [3.05, 3.63) is 105 Å². The molecule has 1 aromatic heterocycles. The van der Waals surface area contributed by atoms with Gasteiger partial charge < -0.3 is 0 Å². The Bertz CT molecular complexity index is 1200. The van der Waals surface area contributed by atoms with Gasteiger partial charge in [-0.15, -0.1) is 0 Å². The molecule has 0 saturated heterocycles. The molecule has 0 atom stereocenters. The maximum atomic E-state index is 12.4. The van der Waals surface area contributed by atoms with Gasteiger partial charge in [0.2, 0.25) is 0 Å². The number of aromatic nitrogens is 2. The number of carbonyl (C=O) groups excluding carboxylic acids is 1. The number of rotatable bonds is 5. The number of hydrogen-bond donors (Lipinski definition) is 1. The lowest BCUT2D eigenvalue weighted by molar-refractivity contribution is 0.0954. The van der Waals surface area contributed by atoms with Crippen LogP contribution in [0.2, 0.25) is 0 Å². The van der Waals surface area contributed by atoms with Gasteiger partial charge in [0.05, 0.1) is 17.5 Å². The summed E-state index contributed by atoms with van der Waals surface area (Å²) >= 11 is 2.14. The van der Waals surface area contributed by atoms with E-state index in [1.807, 2.05) is 71.5 Å². The molecule has 148 valence electrons. The van der Waals surface area contributed by atoms with Crippen LogP contribution in [0.4, 0.5) is 0 Å². The molecule has 5 nitrogen and oxygen atoms in total. The average Bonchev–Trinajstić information content (AvgIpc) is 3.19. The van der Waals surface area contributed by atoms with E-state index in [0.717, 1.165) is 26.1 Å². The lowest BCUT2D eigenvalue weighted by atomic mass is 10.1. The second-order valence-electron chi connectivity index (χ2n) is 6.76. The number of carbonyl (C=O) groups is 1. The molecule has 0 aliphatic rings. The highest BCUT2D eigenvalue weighted by Crippen LogP contribution is 2.23. The van der Waals surface area contributed by atoms with Crippen LogP contribution in [0, 0.1) is 10.5 Å². The first-order valence-corrected chi connectivity index (χ1v) is 10.5. The highest BCUT2D eigenvalue weighted by Gasteiger charge is 2.12. The monoisotopic (exact) mass is 506 g/mol. The van der Waals surface area contributed by atoms with Crippen molar-refractivity contribution in [2.45, 2.75) is 6.92 Å². The summed E-state index contributed by atoms with van der Waals surface area (Å²) in [5, 5.41) is 8.95. The van der Waals surface area contributed by atoms with Gasteiger partial charge in [-0.25, -0.2) is 10.1 Å². The van der Waals surface area contributed by atoms with Gasteiger partial charge >= 0.3 is 0 Å². The first kappa shape index (κ1) is 20.0. The Balaban J connectivity index is 1.65. The van der Waals surface area contributed by atoms with E-state index in [0.29, 0.717) is 5.56 Å². The fourth-order valence-corrected chi connectivity index (χ4v) is 3.63. The lowest BCUT2D eigenvalue weighted by Gasteiger charge is -2.02. The lowest BCUT2D eigenvalue weighted by Crippen LogP contribution is -2.18. The Labute approximate surface area is 188 Å². The molecule has 4 aromatic rings. The molecule has 30 heavy (non-hydrogen) atoms. The van der Waals surface area contributed by atoms with Crippen LogP contribution in [-0.2, 0) is 0 Å². The van der Waals surface area contributed by atoms with Crippen molar-refractivity contribution in [3.63, 3.8) is 0 Å². The van der Waals surface area contributed by atoms with Crippen LogP contribution in [0.3, 0.4) is 0 Å². The van der Waals surface area contributed by atoms with Crippen LogP contribution in [0.25, 0.3) is 16.9 Å². The quantitative estimate of drug-likeness (QED) is 0.229. The molecule has 0 bridgehead atoms. The van der Waals surface area contributed by atoms with Gasteiger partial charge in [-0.05, 0) is 53.8 Å². The topological polar surface area (TPSA) is 59.3 Å². The minimum Gasteiger partial charge on any atom is -0.267 e. The zero-order valence-electron chi connectivity index (χ0n) is 16.3. The van der Waals surface area contributed by atoms with Gasteiger partial charge in [-0.2, -0.15) is 10.2 Å². The molecule has 0 fully saturated rings. The number of amides is 1. The number of hydrazone groups is 1. The first-order valence-electron chi connectivity index (χ1n) is 9.42. The number of aryl methyl sites for hydroxylation is 1. The highest BCUT2D eigenvalue weighted by molar-refractivity contribution is 14.1. The van der Waals surface area contributed by atoms with Gasteiger partial charge in [0.25, 0.3) is 5.91 Å². The molecular formula is C24H19IN4O. The number of nitrogens with one attached hydrogen (secondary N) is 1. The summed E-state index contributed by atoms with van der Waals surface area (Å²) in [6, 6.07) is 25.5. The smallest absolute Gasteiger partial charge is 0.267 e. The van der Waals surface area contributed by atoms with E-state index in [2.05, 4.69) is 52.2 Å². The Morgan fingerprint density at radius 1 is 1.00 bits per heavy atom. The molecule has 4 rings (SSSR count). The predicted octanol–water partition coefficient (Wildman–Crippen LogP) is 5.22. The number of hydrogen-bond acceptors (Lipinski definition) is 3. The zero-order chi connectivity index (χ0) is 20.9. The Morgan fingerprint density at radius 3 is 2.43 bits per heavy atom. The molecule has 0 spiro atoms. The van der Waals surface area contributed by atoms with E-state index >= 15 is 0 Å². The molecule has 0 radical (unpaired) electrons. The number of benzene rings is 3. The molecule has 6 heteroatoms. The summed E-state index contributed by atoms with van der Waals surface area (Å²) in [5.41, 5.74) is 7.93. The highest BCUT2D eigenvalue weighted by atomic mass is 127. The maximum Gasteiger partial charge on any atom is 0.272 e. The van der Waals surface area contributed by atoms with Crippen LogP contribution in [0.15, 0.2) is 90.2 Å². The summed E-state index contributed by atoms with van der Waals surface area (Å²) in [4.78, 5) is 12.4. The van der Waals surface area contributed by atoms with Gasteiger partial charge in [0.15, 0.2) is 0 Å². The maximum absolute atomic E-state index is 12.4. The van der Waals surface area contributed by atoms with Crippen LogP contribution >= 0.6 is 22.6 Å². The minimum atomic E-state index is -0.247. The van der Waals surface area contributed by atoms with Crippen LogP contribution < -0.4 is 5.43 Å². The Hall–Kier alpha value is -3.26. The summed E-state index contributed by atoms with van der Waals surface area (Å²) in [5.74, 6) is -0.247.